The third kappa shape index (κ3) is 4.10. The molecular weight excluding hydrogens is 285 g/mol. The van der Waals surface area contributed by atoms with Crippen LogP contribution in [-0.4, -0.2) is 23.6 Å². The number of carbonyl (C=O) groups excluding carboxylic acids is 1. The van der Waals surface area contributed by atoms with Crippen LogP contribution in [0.1, 0.15) is 31.2 Å². The molecule has 1 amide bonds. The molecule has 116 valence electrons. The first kappa shape index (κ1) is 15.6. The van der Waals surface area contributed by atoms with E-state index < -0.39 is 23.7 Å². The second-order valence-corrected chi connectivity index (χ2v) is 5.07. The van der Waals surface area contributed by atoms with Crippen LogP contribution in [-0.2, 0) is 11.0 Å². The number of anilines is 1. The zero-order valence-corrected chi connectivity index (χ0v) is 11.3. The molecule has 0 spiro atoms. The van der Waals surface area contributed by atoms with Crippen molar-refractivity contribution in [3.8, 4) is 5.75 Å². The van der Waals surface area contributed by atoms with Gasteiger partial charge in [0.2, 0.25) is 5.91 Å². The molecule has 4 nitrogen and oxygen atoms in total. The van der Waals surface area contributed by atoms with E-state index in [1.165, 1.54) is 0 Å². The van der Waals surface area contributed by atoms with Crippen LogP contribution in [0.3, 0.4) is 0 Å². The lowest BCUT2D eigenvalue weighted by Crippen LogP contribution is -2.39. The van der Waals surface area contributed by atoms with Crippen molar-refractivity contribution in [1.82, 2.24) is 5.32 Å². The van der Waals surface area contributed by atoms with Crippen LogP contribution in [0.5, 0.6) is 5.75 Å². The van der Waals surface area contributed by atoms with E-state index in [1.54, 1.807) is 0 Å². The van der Waals surface area contributed by atoms with Gasteiger partial charge >= 0.3 is 6.18 Å². The molecule has 1 atom stereocenters. The smallest absolute Gasteiger partial charge is 0.416 e. The topological polar surface area (TPSA) is 61.4 Å². The Morgan fingerprint density at radius 2 is 2.05 bits per heavy atom. The average Bonchev–Trinajstić information content (AvgIpc) is 2.68. The number of benzene rings is 1. The van der Waals surface area contributed by atoms with E-state index in [0.717, 1.165) is 37.5 Å². The summed E-state index contributed by atoms with van der Waals surface area (Å²) < 4.78 is 37.9. The highest BCUT2D eigenvalue weighted by molar-refractivity contribution is 5.96. The third-order valence-electron chi connectivity index (χ3n) is 3.46. The Hall–Kier alpha value is -1.76. The van der Waals surface area contributed by atoms with Crippen molar-refractivity contribution in [3.05, 3.63) is 23.8 Å². The minimum absolute atomic E-state index is 0.221. The van der Waals surface area contributed by atoms with E-state index in [-0.39, 0.29) is 11.4 Å². The summed E-state index contributed by atoms with van der Waals surface area (Å²) in [7, 11) is 0. The van der Waals surface area contributed by atoms with Gasteiger partial charge in [0.1, 0.15) is 5.75 Å². The SMILES string of the molecule is O=C(Nc1cc(C(F)(F)F)ccc1O)C1CCCCCN1. The van der Waals surface area contributed by atoms with Crippen molar-refractivity contribution < 1.29 is 23.1 Å². The van der Waals surface area contributed by atoms with Gasteiger partial charge in [-0.25, -0.2) is 0 Å². The molecule has 1 heterocycles. The quantitative estimate of drug-likeness (QED) is 0.736. The number of halogens is 3. The lowest BCUT2D eigenvalue weighted by atomic mass is 10.1. The highest BCUT2D eigenvalue weighted by atomic mass is 19.4. The summed E-state index contributed by atoms with van der Waals surface area (Å²) in [5.74, 6) is -0.809. The number of rotatable bonds is 2. The van der Waals surface area contributed by atoms with Crippen molar-refractivity contribution >= 4 is 11.6 Å². The van der Waals surface area contributed by atoms with E-state index in [4.69, 9.17) is 0 Å². The molecule has 1 aliphatic heterocycles. The number of nitrogens with one attached hydrogen (secondary N) is 2. The first-order chi connectivity index (χ1) is 9.88. The van der Waals surface area contributed by atoms with Crippen molar-refractivity contribution in [3.63, 3.8) is 0 Å². The Labute approximate surface area is 120 Å². The lowest BCUT2D eigenvalue weighted by Gasteiger charge is -2.17. The van der Waals surface area contributed by atoms with Crippen molar-refractivity contribution in [2.45, 2.75) is 37.9 Å². The molecule has 0 saturated carbocycles. The zero-order valence-electron chi connectivity index (χ0n) is 11.3. The fourth-order valence-electron chi connectivity index (χ4n) is 2.28. The van der Waals surface area contributed by atoms with Gasteiger partial charge in [-0.1, -0.05) is 12.8 Å². The van der Waals surface area contributed by atoms with Crippen LogP contribution in [0.15, 0.2) is 18.2 Å². The normalized spacial score (nSPS) is 19.9. The first-order valence-electron chi connectivity index (χ1n) is 6.82. The molecule has 0 aliphatic carbocycles. The van der Waals surface area contributed by atoms with Gasteiger partial charge < -0.3 is 15.7 Å². The van der Waals surface area contributed by atoms with Gasteiger partial charge in [-0.05, 0) is 37.6 Å². The Balaban J connectivity index is 2.12. The van der Waals surface area contributed by atoms with E-state index in [1.807, 2.05) is 0 Å². The Kier molecular flexibility index (Phi) is 4.72. The molecule has 1 unspecified atom stereocenters. The summed E-state index contributed by atoms with van der Waals surface area (Å²) in [6.45, 7) is 0.701. The number of phenols is 1. The summed E-state index contributed by atoms with van der Waals surface area (Å²) >= 11 is 0. The number of aromatic hydroxyl groups is 1. The van der Waals surface area contributed by atoms with E-state index in [2.05, 4.69) is 10.6 Å². The molecule has 1 aliphatic rings. The Bertz CT molecular complexity index is 509. The van der Waals surface area contributed by atoms with Crippen LogP contribution in [0.4, 0.5) is 18.9 Å². The predicted octanol–water partition coefficient (Wildman–Crippen LogP) is 2.88. The van der Waals surface area contributed by atoms with Gasteiger partial charge in [-0.15, -0.1) is 0 Å². The number of alkyl halides is 3. The van der Waals surface area contributed by atoms with Crippen LogP contribution in [0, 0.1) is 0 Å². The minimum atomic E-state index is -4.52. The molecule has 0 aromatic heterocycles. The lowest BCUT2D eigenvalue weighted by molar-refractivity contribution is -0.137. The van der Waals surface area contributed by atoms with Gasteiger partial charge in [0.05, 0.1) is 17.3 Å². The molecule has 1 aromatic rings. The van der Waals surface area contributed by atoms with Gasteiger partial charge in [-0.3, -0.25) is 4.79 Å². The van der Waals surface area contributed by atoms with Gasteiger partial charge in [0, 0.05) is 0 Å². The van der Waals surface area contributed by atoms with Crippen LogP contribution in [0.25, 0.3) is 0 Å². The second kappa shape index (κ2) is 6.34. The number of amides is 1. The second-order valence-electron chi connectivity index (χ2n) is 5.07. The molecule has 1 fully saturated rings. The maximum atomic E-state index is 12.6. The fraction of sp³-hybridized carbons (Fsp3) is 0.500. The van der Waals surface area contributed by atoms with Crippen LogP contribution < -0.4 is 10.6 Å². The summed E-state index contributed by atoms with van der Waals surface area (Å²) in [6.07, 6.45) is -1.01. The molecule has 2 rings (SSSR count). The monoisotopic (exact) mass is 302 g/mol. The molecule has 0 bridgehead atoms. The van der Waals surface area contributed by atoms with Crippen LogP contribution in [0.2, 0.25) is 0 Å². The summed E-state index contributed by atoms with van der Waals surface area (Å²) in [4.78, 5) is 12.1. The van der Waals surface area contributed by atoms with Crippen molar-refractivity contribution in [2.75, 3.05) is 11.9 Å². The Morgan fingerprint density at radius 3 is 2.76 bits per heavy atom. The van der Waals surface area contributed by atoms with Gasteiger partial charge in [0.25, 0.3) is 0 Å². The number of hydrogen-bond donors (Lipinski definition) is 3. The zero-order chi connectivity index (χ0) is 15.5. The van der Waals surface area contributed by atoms with Crippen molar-refractivity contribution in [1.29, 1.82) is 0 Å². The number of carbonyl (C=O) groups is 1. The predicted molar refractivity (Wildman–Crippen MR) is 72.0 cm³/mol. The maximum Gasteiger partial charge on any atom is 0.416 e. The van der Waals surface area contributed by atoms with Crippen molar-refractivity contribution in [2.24, 2.45) is 0 Å². The maximum absolute atomic E-state index is 12.6. The molecular formula is C14H17F3N2O2. The molecule has 7 heteroatoms. The van der Waals surface area contributed by atoms with Gasteiger partial charge in [-0.2, -0.15) is 13.2 Å². The Morgan fingerprint density at radius 1 is 1.29 bits per heavy atom. The molecule has 21 heavy (non-hydrogen) atoms. The number of phenolic OH excluding ortho intramolecular Hbond substituents is 1. The fourth-order valence-corrected chi connectivity index (χ4v) is 2.28. The third-order valence-corrected chi connectivity index (χ3v) is 3.46. The van der Waals surface area contributed by atoms with E-state index in [9.17, 15) is 23.1 Å². The average molecular weight is 302 g/mol. The molecule has 0 radical (unpaired) electrons. The highest BCUT2D eigenvalue weighted by Gasteiger charge is 2.31. The van der Waals surface area contributed by atoms with Gasteiger partial charge in [0.15, 0.2) is 0 Å². The standard InChI is InChI=1S/C14H17F3N2O2/c15-14(16,17)9-5-6-12(20)11(8-9)19-13(21)10-4-2-1-3-7-18-10/h5-6,8,10,18,20H,1-4,7H2,(H,19,21). The summed E-state index contributed by atoms with van der Waals surface area (Å²) in [5.41, 5.74) is -1.13. The van der Waals surface area contributed by atoms with E-state index >= 15 is 0 Å². The van der Waals surface area contributed by atoms with Crippen LogP contribution >= 0.6 is 0 Å². The summed E-state index contributed by atoms with van der Waals surface area (Å²) in [5, 5.41) is 15.0. The highest BCUT2D eigenvalue weighted by Crippen LogP contribution is 2.34. The number of hydrogen-bond acceptors (Lipinski definition) is 3. The molecule has 1 saturated heterocycles. The van der Waals surface area contributed by atoms with E-state index in [0.29, 0.717) is 13.0 Å². The summed E-state index contributed by atoms with van der Waals surface area (Å²) in [6, 6.07) is 2.00. The minimum Gasteiger partial charge on any atom is -0.506 e. The first-order valence-corrected chi connectivity index (χ1v) is 6.82. The molecule has 3 N–H and O–H groups in total. The largest absolute Gasteiger partial charge is 0.506 e. The molecule has 1 aromatic carbocycles.